The number of anilines is 1. The van der Waals surface area contributed by atoms with Gasteiger partial charge in [-0.1, -0.05) is 11.8 Å². The maximum atomic E-state index is 12.3. The summed E-state index contributed by atoms with van der Waals surface area (Å²) in [4.78, 5) is 31.9. The van der Waals surface area contributed by atoms with Crippen molar-refractivity contribution in [2.24, 2.45) is 0 Å². The first-order chi connectivity index (χ1) is 10.1. The molecule has 3 rings (SSSR count). The standard InChI is InChI=1S/C13H17N3O2S3/c1-9(17)21-10-6-16(7-10)13-14-11(8-20-13)12(18)15-2-4-19-5-3-15/h8,10H,2-7H2,1H3. The zero-order chi connectivity index (χ0) is 14.8. The number of thiazole rings is 1. The molecule has 5 nitrogen and oxygen atoms in total. The minimum Gasteiger partial charge on any atom is -0.346 e. The molecule has 1 aromatic heterocycles. The van der Waals surface area contributed by atoms with E-state index in [1.807, 2.05) is 22.0 Å². The van der Waals surface area contributed by atoms with E-state index in [1.54, 1.807) is 6.92 Å². The molecule has 1 amide bonds. The second-order valence-corrected chi connectivity index (χ2v) is 8.59. The van der Waals surface area contributed by atoms with Gasteiger partial charge < -0.3 is 9.80 Å². The number of hydrogen-bond acceptors (Lipinski definition) is 7. The Hall–Kier alpha value is -0.730. The van der Waals surface area contributed by atoms with Gasteiger partial charge in [0.15, 0.2) is 10.2 Å². The zero-order valence-electron chi connectivity index (χ0n) is 11.8. The molecule has 2 aliphatic rings. The van der Waals surface area contributed by atoms with Gasteiger partial charge in [-0.25, -0.2) is 4.98 Å². The number of thioether (sulfide) groups is 2. The van der Waals surface area contributed by atoms with Crippen molar-refractivity contribution in [3.63, 3.8) is 0 Å². The van der Waals surface area contributed by atoms with Gasteiger partial charge in [0.1, 0.15) is 5.69 Å². The first-order valence-electron chi connectivity index (χ1n) is 6.88. The Bertz CT molecular complexity index is 537. The van der Waals surface area contributed by atoms with Crippen LogP contribution in [0.15, 0.2) is 5.38 Å². The molecule has 2 saturated heterocycles. The third-order valence-corrected chi connectivity index (χ3v) is 6.27. The quantitative estimate of drug-likeness (QED) is 0.834. The van der Waals surface area contributed by atoms with Crippen LogP contribution >= 0.6 is 34.9 Å². The Morgan fingerprint density at radius 3 is 2.71 bits per heavy atom. The predicted octanol–water partition coefficient (Wildman–Crippen LogP) is 1.80. The summed E-state index contributed by atoms with van der Waals surface area (Å²) in [6.07, 6.45) is 0. The van der Waals surface area contributed by atoms with Crippen LogP contribution in [0.3, 0.4) is 0 Å². The Morgan fingerprint density at radius 2 is 2.05 bits per heavy atom. The van der Waals surface area contributed by atoms with E-state index >= 15 is 0 Å². The molecule has 0 atom stereocenters. The molecule has 0 saturated carbocycles. The van der Waals surface area contributed by atoms with E-state index in [0.717, 1.165) is 42.8 Å². The number of carbonyl (C=O) groups excluding carboxylic acids is 2. The molecule has 0 bridgehead atoms. The molecule has 0 aromatic carbocycles. The maximum Gasteiger partial charge on any atom is 0.273 e. The number of rotatable bonds is 3. The SMILES string of the molecule is CC(=O)SC1CN(c2nc(C(=O)N3CCSCC3)cs2)C1. The van der Waals surface area contributed by atoms with Crippen LogP contribution in [0.2, 0.25) is 0 Å². The zero-order valence-corrected chi connectivity index (χ0v) is 14.2. The van der Waals surface area contributed by atoms with Crippen LogP contribution in [-0.2, 0) is 4.79 Å². The van der Waals surface area contributed by atoms with Crippen LogP contribution in [0.4, 0.5) is 5.13 Å². The molecule has 0 radical (unpaired) electrons. The van der Waals surface area contributed by atoms with E-state index in [4.69, 9.17) is 0 Å². The predicted molar refractivity (Wildman–Crippen MR) is 89.6 cm³/mol. The molecule has 1 aromatic rings. The Labute approximate surface area is 136 Å². The van der Waals surface area contributed by atoms with Crippen molar-refractivity contribution < 1.29 is 9.59 Å². The summed E-state index contributed by atoms with van der Waals surface area (Å²) in [7, 11) is 0. The molecule has 21 heavy (non-hydrogen) atoms. The first kappa shape index (κ1) is 15.2. The molecule has 114 valence electrons. The van der Waals surface area contributed by atoms with E-state index < -0.39 is 0 Å². The van der Waals surface area contributed by atoms with Crippen molar-refractivity contribution in [3.8, 4) is 0 Å². The average molecular weight is 343 g/mol. The number of amides is 1. The molecule has 0 spiro atoms. The Morgan fingerprint density at radius 1 is 1.33 bits per heavy atom. The lowest BCUT2D eigenvalue weighted by Gasteiger charge is -2.37. The van der Waals surface area contributed by atoms with Crippen LogP contribution in [0, 0.1) is 0 Å². The third kappa shape index (κ3) is 3.54. The Balaban J connectivity index is 1.57. The molecule has 0 aliphatic carbocycles. The topological polar surface area (TPSA) is 53.5 Å². The fourth-order valence-electron chi connectivity index (χ4n) is 2.34. The van der Waals surface area contributed by atoms with E-state index in [1.165, 1.54) is 23.1 Å². The van der Waals surface area contributed by atoms with Crippen LogP contribution in [0.1, 0.15) is 17.4 Å². The first-order valence-corrected chi connectivity index (χ1v) is 9.79. The number of nitrogens with zero attached hydrogens (tertiary/aromatic N) is 3. The molecule has 8 heteroatoms. The van der Waals surface area contributed by atoms with Crippen LogP contribution in [0.5, 0.6) is 0 Å². The van der Waals surface area contributed by atoms with Crippen molar-refractivity contribution in [2.45, 2.75) is 12.2 Å². The minimum atomic E-state index is 0.0491. The van der Waals surface area contributed by atoms with Crippen LogP contribution in [-0.4, -0.2) is 63.8 Å². The molecular weight excluding hydrogens is 326 g/mol. The van der Waals surface area contributed by atoms with Crippen molar-refractivity contribution in [1.29, 1.82) is 0 Å². The molecule has 2 aliphatic heterocycles. The van der Waals surface area contributed by atoms with E-state index in [2.05, 4.69) is 9.88 Å². The summed E-state index contributed by atoms with van der Waals surface area (Å²) in [6.45, 7) is 4.91. The number of carbonyl (C=O) groups is 2. The molecule has 2 fully saturated rings. The van der Waals surface area contributed by atoms with Gasteiger partial charge in [0, 0.05) is 55.2 Å². The highest BCUT2D eigenvalue weighted by Crippen LogP contribution is 2.31. The highest BCUT2D eigenvalue weighted by atomic mass is 32.2. The third-order valence-electron chi connectivity index (χ3n) is 3.46. The van der Waals surface area contributed by atoms with Gasteiger partial charge in [-0.2, -0.15) is 11.8 Å². The molecule has 3 heterocycles. The lowest BCUT2D eigenvalue weighted by atomic mass is 10.2. The van der Waals surface area contributed by atoms with E-state index in [0.29, 0.717) is 10.9 Å². The lowest BCUT2D eigenvalue weighted by molar-refractivity contribution is -0.109. The van der Waals surface area contributed by atoms with Gasteiger partial charge in [-0.05, 0) is 0 Å². The summed E-state index contributed by atoms with van der Waals surface area (Å²) in [6, 6.07) is 0. The summed E-state index contributed by atoms with van der Waals surface area (Å²) < 4.78 is 0. The fraction of sp³-hybridized carbons (Fsp3) is 0.615. The van der Waals surface area contributed by atoms with Crippen LogP contribution < -0.4 is 4.90 Å². The highest BCUT2D eigenvalue weighted by Gasteiger charge is 2.31. The van der Waals surface area contributed by atoms with Gasteiger partial charge in [0.2, 0.25) is 0 Å². The largest absolute Gasteiger partial charge is 0.346 e. The Kier molecular flexibility index (Phi) is 4.75. The fourth-order valence-corrected chi connectivity index (χ4v) is 5.04. The summed E-state index contributed by atoms with van der Waals surface area (Å²) in [5.41, 5.74) is 0.560. The smallest absolute Gasteiger partial charge is 0.273 e. The number of hydrogen-bond donors (Lipinski definition) is 0. The van der Waals surface area contributed by atoms with Crippen LogP contribution in [0.25, 0.3) is 0 Å². The summed E-state index contributed by atoms with van der Waals surface area (Å²) in [5, 5.41) is 3.28. The average Bonchev–Trinajstić information content (AvgIpc) is 2.91. The number of aromatic nitrogens is 1. The van der Waals surface area contributed by atoms with Crippen molar-refractivity contribution >= 4 is 51.0 Å². The normalized spacial score (nSPS) is 19.5. The van der Waals surface area contributed by atoms with Gasteiger partial charge in [-0.3, -0.25) is 9.59 Å². The maximum absolute atomic E-state index is 12.3. The van der Waals surface area contributed by atoms with Gasteiger partial charge >= 0.3 is 0 Å². The lowest BCUT2D eigenvalue weighted by Crippen LogP contribution is -2.49. The molecular formula is C13H17N3O2S3. The van der Waals surface area contributed by atoms with Gasteiger partial charge in [-0.15, -0.1) is 11.3 Å². The van der Waals surface area contributed by atoms with Gasteiger partial charge in [0.25, 0.3) is 5.91 Å². The summed E-state index contributed by atoms with van der Waals surface area (Å²) in [5.74, 6) is 2.07. The monoisotopic (exact) mass is 343 g/mol. The second kappa shape index (κ2) is 6.58. The van der Waals surface area contributed by atoms with E-state index in [9.17, 15) is 9.59 Å². The minimum absolute atomic E-state index is 0.0491. The summed E-state index contributed by atoms with van der Waals surface area (Å²) >= 11 is 4.80. The second-order valence-electron chi connectivity index (χ2n) is 5.06. The van der Waals surface area contributed by atoms with Crippen molar-refractivity contribution in [1.82, 2.24) is 9.88 Å². The van der Waals surface area contributed by atoms with Crippen molar-refractivity contribution in [2.75, 3.05) is 42.6 Å². The van der Waals surface area contributed by atoms with Gasteiger partial charge in [0.05, 0.1) is 0 Å². The van der Waals surface area contributed by atoms with E-state index in [-0.39, 0.29) is 11.0 Å². The molecule has 0 unspecified atom stereocenters. The van der Waals surface area contributed by atoms with Crippen molar-refractivity contribution in [3.05, 3.63) is 11.1 Å². The molecule has 0 N–H and O–H groups in total. The highest BCUT2D eigenvalue weighted by molar-refractivity contribution is 8.14.